The second-order valence-electron chi connectivity index (χ2n) is 14.7. The van der Waals surface area contributed by atoms with Gasteiger partial charge in [0.2, 0.25) is 5.91 Å². The van der Waals surface area contributed by atoms with Gasteiger partial charge in [-0.1, -0.05) is 20.8 Å². The van der Waals surface area contributed by atoms with Crippen molar-refractivity contribution in [2.24, 2.45) is 5.41 Å². The molecule has 4 heterocycles. The van der Waals surface area contributed by atoms with E-state index in [1.165, 1.54) is 6.07 Å². The summed E-state index contributed by atoms with van der Waals surface area (Å²) in [5.41, 5.74) is 0.849. The summed E-state index contributed by atoms with van der Waals surface area (Å²) in [5.74, 6) is -1.68. The van der Waals surface area contributed by atoms with Crippen molar-refractivity contribution in [3.8, 4) is 11.4 Å². The highest BCUT2D eigenvalue weighted by molar-refractivity contribution is 5.94. The van der Waals surface area contributed by atoms with Crippen molar-refractivity contribution >= 4 is 28.7 Å². The summed E-state index contributed by atoms with van der Waals surface area (Å²) in [6.45, 7) is 12.4. The van der Waals surface area contributed by atoms with Crippen LogP contribution in [0.15, 0.2) is 16.9 Å². The van der Waals surface area contributed by atoms with Crippen LogP contribution in [0.5, 0.6) is 0 Å². The van der Waals surface area contributed by atoms with Gasteiger partial charge in [0, 0.05) is 34.4 Å². The number of nitrogens with zero attached hydrogens (tertiary/aromatic N) is 2. The van der Waals surface area contributed by atoms with Gasteiger partial charge in [-0.25, -0.2) is 14.2 Å². The fourth-order valence-corrected chi connectivity index (χ4v) is 7.23. The predicted octanol–water partition coefficient (Wildman–Crippen LogP) is 5.17. The molecule has 1 amide bonds. The quantitative estimate of drug-likeness (QED) is 0.262. The fourth-order valence-electron chi connectivity index (χ4n) is 7.23. The molecular weight excluding hydrogens is 605 g/mol. The number of ether oxygens (including phenoxy) is 2. The molecule has 250 valence electrons. The highest BCUT2D eigenvalue weighted by atomic mass is 19.1. The number of nitrogens with one attached hydrogen (secondary N) is 1. The van der Waals surface area contributed by atoms with E-state index < -0.39 is 34.2 Å². The summed E-state index contributed by atoms with van der Waals surface area (Å²) < 4.78 is 27.4. The molecule has 0 unspecified atom stereocenters. The van der Waals surface area contributed by atoms with Gasteiger partial charge in [0.15, 0.2) is 5.60 Å². The first-order valence-electron chi connectivity index (χ1n) is 16.3. The third kappa shape index (κ3) is 5.42. The number of cyclic esters (lactones) is 1. The van der Waals surface area contributed by atoms with E-state index in [4.69, 9.17) is 14.5 Å². The SMILES string of the molecule is CC[C@@]1(O)C(=O)OCc2c1cc1n(c2=O)Cc2c-1nc1cc(F)c(C)c3c1c2[C@@H](NC(=O)C(C)(C)CCCC(=O)OC(C)(C)C)CC3. The number of carbonyl (C=O) groups excluding carboxylic acids is 3. The van der Waals surface area contributed by atoms with Gasteiger partial charge in [0.1, 0.15) is 18.0 Å². The first-order chi connectivity index (χ1) is 22.0. The van der Waals surface area contributed by atoms with Crippen molar-refractivity contribution < 1.29 is 33.4 Å². The van der Waals surface area contributed by atoms with E-state index >= 15 is 4.39 Å². The number of carbonyl (C=O) groups is 3. The number of hydrogen-bond acceptors (Lipinski definition) is 8. The number of rotatable bonds is 7. The number of hydrogen-bond donors (Lipinski definition) is 2. The molecule has 2 atom stereocenters. The standard InChI is InChI=1S/C36H42FN3O7/c1-8-36(45)22-14-26-30-20(16-40(26)31(42)21(22)17-46-33(36)44)29-24(12-11-19-18(2)23(37)15-25(38-30)28(19)29)39-32(43)35(6,7)13-9-10-27(41)47-34(3,4)5/h14-15,24,45H,8-13,16-17H2,1-7H3,(H,39,43)/t24-,36-/m0/s1. The van der Waals surface area contributed by atoms with E-state index in [0.29, 0.717) is 48.2 Å². The molecule has 0 fully saturated rings. The summed E-state index contributed by atoms with van der Waals surface area (Å²) in [6.07, 6.45) is 2.21. The lowest BCUT2D eigenvalue weighted by molar-refractivity contribution is -0.172. The zero-order valence-electron chi connectivity index (χ0n) is 28.1. The van der Waals surface area contributed by atoms with Crippen molar-refractivity contribution in [3.63, 3.8) is 0 Å². The fraction of sp³-hybridized carbons (Fsp3) is 0.528. The lowest BCUT2D eigenvalue weighted by Crippen LogP contribution is -2.44. The molecule has 2 N–H and O–H groups in total. The maximum absolute atomic E-state index is 15.2. The molecule has 0 spiro atoms. The number of halogens is 1. The van der Waals surface area contributed by atoms with E-state index in [0.717, 1.165) is 22.1 Å². The third-order valence-electron chi connectivity index (χ3n) is 9.90. The van der Waals surface area contributed by atoms with Gasteiger partial charge >= 0.3 is 11.9 Å². The van der Waals surface area contributed by atoms with Crippen LogP contribution in [0, 0.1) is 18.2 Å². The number of benzene rings is 1. The molecule has 1 aromatic carbocycles. The Labute approximate surface area is 272 Å². The molecular formula is C36H42FN3O7. The highest BCUT2D eigenvalue weighted by Crippen LogP contribution is 2.46. The van der Waals surface area contributed by atoms with Crippen LogP contribution < -0.4 is 10.9 Å². The molecule has 11 heteroatoms. The van der Waals surface area contributed by atoms with Crippen molar-refractivity contribution in [3.05, 3.63) is 61.7 Å². The average Bonchev–Trinajstić information content (AvgIpc) is 3.36. The second kappa shape index (κ2) is 11.2. The molecule has 10 nitrogen and oxygen atoms in total. The Morgan fingerprint density at radius 1 is 1.17 bits per heavy atom. The maximum atomic E-state index is 15.2. The van der Waals surface area contributed by atoms with Gasteiger partial charge in [-0.15, -0.1) is 0 Å². The van der Waals surface area contributed by atoms with Crippen LogP contribution in [0.3, 0.4) is 0 Å². The van der Waals surface area contributed by atoms with Crippen LogP contribution >= 0.6 is 0 Å². The van der Waals surface area contributed by atoms with E-state index in [1.807, 2.05) is 34.6 Å². The Bertz CT molecular complexity index is 1920. The zero-order valence-corrected chi connectivity index (χ0v) is 28.1. The van der Waals surface area contributed by atoms with E-state index in [1.54, 1.807) is 24.5 Å². The summed E-state index contributed by atoms with van der Waals surface area (Å²) in [5, 5.41) is 15.3. The van der Waals surface area contributed by atoms with E-state index in [9.17, 15) is 24.3 Å². The molecule has 1 aliphatic carbocycles. The maximum Gasteiger partial charge on any atom is 0.343 e. The molecule has 0 saturated heterocycles. The van der Waals surface area contributed by atoms with Crippen LogP contribution in [0.25, 0.3) is 22.3 Å². The van der Waals surface area contributed by atoms with Gasteiger partial charge in [-0.05, 0) is 82.6 Å². The lowest BCUT2D eigenvalue weighted by atomic mass is 9.80. The van der Waals surface area contributed by atoms with Crippen LogP contribution in [-0.4, -0.2) is 38.1 Å². The molecule has 2 aliphatic heterocycles. The first-order valence-corrected chi connectivity index (χ1v) is 16.3. The van der Waals surface area contributed by atoms with Crippen molar-refractivity contribution in [2.45, 2.75) is 117 Å². The number of aliphatic hydroxyl groups is 1. The highest BCUT2D eigenvalue weighted by Gasteiger charge is 2.46. The normalized spacial score (nSPS) is 19.9. The first kappa shape index (κ1) is 32.8. The summed E-state index contributed by atoms with van der Waals surface area (Å²) in [6, 6.07) is 2.58. The summed E-state index contributed by atoms with van der Waals surface area (Å²) >= 11 is 0. The van der Waals surface area contributed by atoms with E-state index in [2.05, 4.69) is 5.32 Å². The number of pyridine rings is 2. The Morgan fingerprint density at radius 3 is 2.57 bits per heavy atom. The Morgan fingerprint density at radius 2 is 1.89 bits per heavy atom. The van der Waals surface area contributed by atoms with Crippen LogP contribution in [0.1, 0.15) is 113 Å². The van der Waals surface area contributed by atoms with Gasteiger partial charge < -0.3 is 24.5 Å². The molecule has 3 aliphatic rings. The monoisotopic (exact) mass is 647 g/mol. The number of aryl methyl sites for hydroxylation is 1. The van der Waals surface area contributed by atoms with E-state index in [-0.39, 0.29) is 54.8 Å². The predicted molar refractivity (Wildman–Crippen MR) is 172 cm³/mol. The smallest absolute Gasteiger partial charge is 0.343 e. The Hall–Kier alpha value is -4.12. The summed E-state index contributed by atoms with van der Waals surface area (Å²) in [7, 11) is 0. The van der Waals surface area contributed by atoms with Crippen molar-refractivity contribution in [2.75, 3.05) is 0 Å². The van der Waals surface area contributed by atoms with Gasteiger partial charge in [-0.3, -0.25) is 14.4 Å². The minimum absolute atomic E-state index is 0.0144. The van der Waals surface area contributed by atoms with Gasteiger partial charge in [-0.2, -0.15) is 0 Å². The number of aromatic nitrogens is 2. The molecule has 0 radical (unpaired) electrons. The second-order valence-corrected chi connectivity index (χ2v) is 14.7. The topological polar surface area (TPSA) is 137 Å². The molecule has 0 bridgehead atoms. The molecule has 2 aromatic heterocycles. The molecule has 0 saturated carbocycles. The Balaban J connectivity index is 1.40. The van der Waals surface area contributed by atoms with Crippen molar-refractivity contribution in [1.29, 1.82) is 0 Å². The minimum Gasteiger partial charge on any atom is -0.460 e. The number of fused-ring (bicyclic) bond motifs is 5. The van der Waals surface area contributed by atoms with Crippen LogP contribution in [0.4, 0.5) is 4.39 Å². The molecule has 47 heavy (non-hydrogen) atoms. The molecule has 3 aromatic rings. The number of esters is 2. The van der Waals surface area contributed by atoms with Crippen LogP contribution in [0.2, 0.25) is 0 Å². The average molecular weight is 648 g/mol. The zero-order chi connectivity index (χ0) is 34.2. The molecule has 6 rings (SSSR count). The largest absolute Gasteiger partial charge is 0.460 e. The van der Waals surface area contributed by atoms with Gasteiger partial charge in [0.05, 0.1) is 35.1 Å². The Kier molecular flexibility index (Phi) is 7.85. The third-order valence-corrected chi connectivity index (χ3v) is 9.90. The summed E-state index contributed by atoms with van der Waals surface area (Å²) in [4.78, 5) is 57.5. The van der Waals surface area contributed by atoms with Crippen LogP contribution in [-0.2, 0) is 49.0 Å². The van der Waals surface area contributed by atoms with Crippen molar-refractivity contribution in [1.82, 2.24) is 14.9 Å². The number of amides is 1. The van der Waals surface area contributed by atoms with Gasteiger partial charge in [0.25, 0.3) is 5.56 Å². The lowest BCUT2D eigenvalue weighted by Gasteiger charge is -2.33. The minimum atomic E-state index is -1.97.